The van der Waals surface area contributed by atoms with E-state index in [0.29, 0.717) is 25.0 Å². The van der Waals surface area contributed by atoms with Gasteiger partial charge in [0, 0.05) is 12.7 Å². The Morgan fingerprint density at radius 1 is 1.14 bits per heavy atom. The van der Waals surface area contributed by atoms with E-state index < -0.39 is 0 Å². The first kappa shape index (κ1) is 19.3. The van der Waals surface area contributed by atoms with Crippen LogP contribution in [0.2, 0.25) is 0 Å². The Labute approximate surface area is 167 Å². The fourth-order valence-electron chi connectivity index (χ4n) is 4.80. The Kier molecular flexibility index (Phi) is 5.58. The van der Waals surface area contributed by atoms with Crippen LogP contribution in [0.15, 0.2) is 36.7 Å². The third-order valence-electron chi connectivity index (χ3n) is 6.66. The number of aliphatic hydroxyl groups is 1. The Balaban J connectivity index is 1.37. The third kappa shape index (κ3) is 4.17. The second kappa shape index (κ2) is 8.12. The van der Waals surface area contributed by atoms with Crippen LogP contribution in [-0.4, -0.2) is 30.4 Å². The fraction of sp³-hybridized carbons (Fsp3) is 0.542. The first-order chi connectivity index (χ1) is 13.6. The number of pyridine rings is 1. The molecule has 2 aliphatic carbocycles. The van der Waals surface area contributed by atoms with Crippen LogP contribution >= 0.6 is 0 Å². The van der Waals surface area contributed by atoms with Crippen LogP contribution in [0, 0.1) is 11.3 Å². The maximum Gasteiger partial charge on any atom is 0.141 e. The number of fused-ring (bicyclic) bond motifs is 1. The van der Waals surface area contributed by atoms with Gasteiger partial charge in [0.25, 0.3) is 0 Å². The van der Waals surface area contributed by atoms with E-state index in [1.54, 1.807) is 19.5 Å². The van der Waals surface area contributed by atoms with Gasteiger partial charge in [-0.2, -0.15) is 0 Å². The lowest BCUT2D eigenvalue weighted by molar-refractivity contribution is 0.147. The van der Waals surface area contributed by atoms with Crippen molar-refractivity contribution in [2.24, 2.45) is 11.3 Å². The molecule has 4 nitrogen and oxygen atoms in total. The summed E-state index contributed by atoms with van der Waals surface area (Å²) in [6, 6.07) is 8.98. The van der Waals surface area contributed by atoms with Crippen LogP contribution in [-0.2, 0) is 12.8 Å². The highest BCUT2D eigenvalue weighted by atomic mass is 16.5. The number of aromatic nitrogens is 1. The summed E-state index contributed by atoms with van der Waals surface area (Å²) >= 11 is 0. The average Bonchev–Trinajstić information content (AvgIpc) is 3.14. The van der Waals surface area contributed by atoms with Gasteiger partial charge in [-0.25, -0.2) is 0 Å². The normalized spacial score (nSPS) is 26.7. The number of hydrogen-bond acceptors (Lipinski definition) is 4. The van der Waals surface area contributed by atoms with E-state index >= 15 is 0 Å². The number of aliphatic hydroxyl groups excluding tert-OH is 1. The highest BCUT2D eigenvalue weighted by molar-refractivity contribution is 5.36. The van der Waals surface area contributed by atoms with Gasteiger partial charge in [0.1, 0.15) is 11.5 Å². The molecule has 1 aromatic carbocycles. The average molecular weight is 382 g/mol. The molecule has 150 valence electrons. The maximum atomic E-state index is 9.65. The smallest absolute Gasteiger partial charge is 0.141 e. The van der Waals surface area contributed by atoms with Crippen LogP contribution < -0.4 is 9.47 Å². The van der Waals surface area contributed by atoms with E-state index in [4.69, 9.17) is 9.47 Å². The Morgan fingerprint density at radius 2 is 2.00 bits per heavy atom. The molecule has 0 aliphatic heterocycles. The molecule has 1 fully saturated rings. The van der Waals surface area contributed by atoms with E-state index in [2.05, 4.69) is 30.1 Å². The van der Waals surface area contributed by atoms with Crippen LogP contribution in [0.25, 0.3) is 0 Å². The maximum absolute atomic E-state index is 9.65. The highest BCUT2D eigenvalue weighted by Crippen LogP contribution is 2.46. The molecule has 3 atom stereocenters. The van der Waals surface area contributed by atoms with Crippen molar-refractivity contribution >= 4 is 0 Å². The standard InChI is InChI=1S/C24H31NO3/c1-24(16-26)8-7-21(12-24)20-6-5-18-9-17(3-4-19(18)10-20)15-28-23-11-22(27-2)13-25-14-23/h5-6,10-11,13-14,17,21,26H,3-4,7-9,12,15-16H2,1-2H3/t17-,21-,24-/m0/s1. The van der Waals surface area contributed by atoms with Gasteiger partial charge in [-0.05, 0) is 72.5 Å². The lowest BCUT2D eigenvalue weighted by atomic mass is 9.81. The first-order valence-corrected chi connectivity index (χ1v) is 10.4. The number of benzene rings is 1. The quantitative estimate of drug-likeness (QED) is 0.798. The van der Waals surface area contributed by atoms with Gasteiger partial charge >= 0.3 is 0 Å². The molecule has 1 saturated carbocycles. The Bertz CT molecular complexity index is 821. The molecule has 1 aromatic heterocycles. The number of hydrogen-bond donors (Lipinski definition) is 1. The van der Waals surface area contributed by atoms with Crippen molar-refractivity contribution in [3.05, 3.63) is 53.3 Å². The predicted molar refractivity (Wildman–Crippen MR) is 110 cm³/mol. The Hall–Kier alpha value is -2.07. The van der Waals surface area contributed by atoms with Crippen molar-refractivity contribution in [1.29, 1.82) is 0 Å². The minimum Gasteiger partial charge on any atom is -0.495 e. The van der Waals surface area contributed by atoms with Gasteiger partial charge in [0.2, 0.25) is 0 Å². The zero-order valence-corrected chi connectivity index (χ0v) is 17.0. The van der Waals surface area contributed by atoms with Gasteiger partial charge in [-0.15, -0.1) is 0 Å². The van der Waals surface area contributed by atoms with Crippen LogP contribution in [0.5, 0.6) is 11.5 Å². The lowest BCUT2D eigenvalue weighted by Gasteiger charge is -2.26. The van der Waals surface area contributed by atoms with Crippen molar-refractivity contribution in [3.63, 3.8) is 0 Å². The molecule has 4 heteroatoms. The van der Waals surface area contributed by atoms with Gasteiger partial charge in [0.05, 0.1) is 26.1 Å². The van der Waals surface area contributed by atoms with Crippen molar-refractivity contribution in [2.75, 3.05) is 20.3 Å². The molecule has 0 bridgehead atoms. The number of ether oxygens (including phenoxy) is 2. The minimum absolute atomic E-state index is 0.109. The zero-order valence-electron chi connectivity index (χ0n) is 17.0. The summed E-state index contributed by atoms with van der Waals surface area (Å²) in [6.45, 7) is 3.24. The van der Waals surface area contributed by atoms with E-state index in [0.717, 1.165) is 43.6 Å². The van der Waals surface area contributed by atoms with Crippen LogP contribution in [0.4, 0.5) is 0 Å². The number of aryl methyl sites for hydroxylation is 1. The number of rotatable bonds is 6. The number of nitrogens with zero attached hydrogens (tertiary/aromatic N) is 1. The van der Waals surface area contributed by atoms with Gasteiger partial charge in [0.15, 0.2) is 0 Å². The van der Waals surface area contributed by atoms with Crippen molar-refractivity contribution in [1.82, 2.24) is 4.98 Å². The van der Waals surface area contributed by atoms with Crippen molar-refractivity contribution in [2.45, 2.75) is 51.4 Å². The molecule has 2 aromatic rings. The van der Waals surface area contributed by atoms with E-state index in [1.807, 2.05) is 6.07 Å². The summed E-state index contributed by atoms with van der Waals surface area (Å²) in [5.41, 5.74) is 4.55. The van der Waals surface area contributed by atoms with E-state index in [-0.39, 0.29) is 5.41 Å². The molecule has 2 aliphatic rings. The summed E-state index contributed by atoms with van der Waals surface area (Å²) in [5, 5.41) is 9.65. The highest BCUT2D eigenvalue weighted by Gasteiger charge is 2.35. The summed E-state index contributed by atoms with van der Waals surface area (Å²) in [7, 11) is 1.64. The topological polar surface area (TPSA) is 51.6 Å². The first-order valence-electron chi connectivity index (χ1n) is 10.4. The van der Waals surface area contributed by atoms with Gasteiger partial charge in [-0.3, -0.25) is 4.98 Å². The molecular weight excluding hydrogens is 350 g/mol. The second-order valence-corrected chi connectivity index (χ2v) is 8.92. The predicted octanol–water partition coefficient (Wildman–Crippen LogP) is 4.54. The van der Waals surface area contributed by atoms with Gasteiger partial charge < -0.3 is 14.6 Å². The van der Waals surface area contributed by atoms with E-state index in [9.17, 15) is 5.11 Å². The molecule has 0 saturated heterocycles. The second-order valence-electron chi connectivity index (χ2n) is 8.92. The SMILES string of the molecule is COc1cncc(OC[C@H]2CCc3cc([C@H]4CC[C@](C)(CO)C4)ccc3C2)c1. The lowest BCUT2D eigenvalue weighted by Crippen LogP contribution is -2.21. The minimum atomic E-state index is 0.109. The third-order valence-corrected chi connectivity index (χ3v) is 6.66. The molecule has 0 unspecified atom stereocenters. The summed E-state index contributed by atoms with van der Waals surface area (Å²) in [6.07, 6.45) is 10.2. The summed E-state index contributed by atoms with van der Waals surface area (Å²) in [5.74, 6) is 2.63. The van der Waals surface area contributed by atoms with Crippen LogP contribution in [0.3, 0.4) is 0 Å². The molecule has 4 rings (SSSR count). The monoisotopic (exact) mass is 381 g/mol. The number of methoxy groups -OCH3 is 1. The molecule has 0 spiro atoms. The van der Waals surface area contributed by atoms with Crippen molar-refractivity contribution < 1.29 is 14.6 Å². The molecule has 28 heavy (non-hydrogen) atoms. The molecule has 1 heterocycles. The molecule has 0 radical (unpaired) electrons. The van der Waals surface area contributed by atoms with Crippen LogP contribution in [0.1, 0.15) is 55.2 Å². The molecular formula is C24H31NO3. The van der Waals surface area contributed by atoms with E-state index in [1.165, 1.54) is 23.1 Å². The fourth-order valence-corrected chi connectivity index (χ4v) is 4.80. The van der Waals surface area contributed by atoms with Crippen molar-refractivity contribution in [3.8, 4) is 11.5 Å². The Morgan fingerprint density at radius 3 is 2.79 bits per heavy atom. The molecule has 0 amide bonds. The molecule has 1 N–H and O–H groups in total. The van der Waals surface area contributed by atoms with Gasteiger partial charge in [-0.1, -0.05) is 25.1 Å². The zero-order chi connectivity index (χ0) is 19.6. The summed E-state index contributed by atoms with van der Waals surface area (Å²) < 4.78 is 11.2. The summed E-state index contributed by atoms with van der Waals surface area (Å²) in [4.78, 5) is 4.15. The largest absolute Gasteiger partial charge is 0.495 e.